The number of nitro benzene ring substituents is 1. The molecule has 4 aromatic rings. The van der Waals surface area contributed by atoms with Crippen molar-refractivity contribution in [1.29, 1.82) is 0 Å². The van der Waals surface area contributed by atoms with Gasteiger partial charge in [-0.2, -0.15) is 0 Å². The number of aromatic nitrogens is 1. The number of aryl methyl sites for hydroxylation is 1. The molecular formula is C23H21N3O5. The highest BCUT2D eigenvalue weighted by Gasteiger charge is 2.17. The predicted molar refractivity (Wildman–Crippen MR) is 116 cm³/mol. The van der Waals surface area contributed by atoms with Crippen molar-refractivity contribution in [2.24, 2.45) is 0 Å². The molecule has 0 atom stereocenters. The molecule has 1 amide bonds. The van der Waals surface area contributed by atoms with Crippen LogP contribution in [-0.4, -0.2) is 29.5 Å². The van der Waals surface area contributed by atoms with Crippen LogP contribution in [0.5, 0.6) is 5.75 Å². The standard InChI is InChI=1S/C23H21N3O5/c1-14-11-21(15-3-5-17(6-4-15)26(28)29)31-22(14)23(27)24-10-9-16-13-25-20-12-18(30-2)7-8-19(16)20/h3-8,11-13,25H,9-10H2,1-2H3,(H,24,27). The Bertz CT molecular complexity index is 1250. The van der Waals surface area contributed by atoms with E-state index in [4.69, 9.17) is 9.15 Å². The van der Waals surface area contributed by atoms with Crippen LogP contribution < -0.4 is 10.1 Å². The third kappa shape index (κ3) is 4.13. The minimum atomic E-state index is -0.458. The summed E-state index contributed by atoms with van der Waals surface area (Å²) in [5.74, 6) is 1.21. The highest BCUT2D eigenvalue weighted by Crippen LogP contribution is 2.27. The molecule has 0 aliphatic carbocycles. The summed E-state index contributed by atoms with van der Waals surface area (Å²) in [6.07, 6.45) is 2.59. The van der Waals surface area contributed by atoms with Crippen molar-refractivity contribution in [3.05, 3.63) is 81.7 Å². The largest absolute Gasteiger partial charge is 0.497 e. The molecule has 0 bridgehead atoms. The number of aromatic amines is 1. The molecule has 0 fully saturated rings. The Kier molecular flexibility index (Phi) is 5.44. The molecule has 0 saturated carbocycles. The van der Waals surface area contributed by atoms with E-state index in [2.05, 4.69) is 10.3 Å². The Morgan fingerprint density at radius 2 is 1.97 bits per heavy atom. The molecule has 0 unspecified atom stereocenters. The quantitative estimate of drug-likeness (QED) is 0.335. The van der Waals surface area contributed by atoms with Crippen LogP contribution in [0.25, 0.3) is 22.2 Å². The van der Waals surface area contributed by atoms with Gasteiger partial charge in [-0.25, -0.2) is 0 Å². The normalized spacial score (nSPS) is 10.9. The van der Waals surface area contributed by atoms with Gasteiger partial charge in [-0.1, -0.05) is 0 Å². The van der Waals surface area contributed by atoms with Gasteiger partial charge in [-0.05, 0) is 49.2 Å². The van der Waals surface area contributed by atoms with Crippen LogP contribution in [0.1, 0.15) is 21.7 Å². The maximum Gasteiger partial charge on any atom is 0.287 e. The van der Waals surface area contributed by atoms with Gasteiger partial charge in [0.1, 0.15) is 11.5 Å². The Morgan fingerprint density at radius 1 is 1.19 bits per heavy atom. The zero-order chi connectivity index (χ0) is 22.0. The summed E-state index contributed by atoms with van der Waals surface area (Å²) in [7, 11) is 1.63. The first-order chi connectivity index (χ1) is 15.0. The van der Waals surface area contributed by atoms with Gasteiger partial charge in [0.2, 0.25) is 0 Å². The van der Waals surface area contributed by atoms with Gasteiger partial charge < -0.3 is 19.5 Å². The van der Waals surface area contributed by atoms with Crippen molar-refractivity contribution in [2.75, 3.05) is 13.7 Å². The molecular weight excluding hydrogens is 398 g/mol. The molecule has 158 valence electrons. The van der Waals surface area contributed by atoms with Crippen LogP contribution in [0, 0.1) is 17.0 Å². The van der Waals surface area contributed by atoms with Crippen LogP contribution >= 0.6 is 0 Å². The highest BCUT2D eigenvalue weighted by atomic mass is 16.6. The first-order valence-corrected chi connectivity index (χ1v) is 9.73. The van der Waals surface area contributed by atoms with E-state index in [0.717, 1.165) is 22.2 Å². The number of methoxy groups -OCH3 is 1. The Hall–Kier alpha value is -4.07. The number of benzene rings is 2. The van der Waals surface area contributed by atoms with Crippen molar-refractivity contribution < 1.29 is 18.9 Å². The average Bonchev–Trinajstić information content (AvgIpc) is 3.36. The maximum absolute atomic E-state index is 12.6. The lowest BCUT2D eigenvalue weighted by molar-refractivity contribution is -0.384. The summed E-state index contributed by atoms with van der Waals surface area (Å²) in [6, 6.07) is 13.6. The first kappa shape index (κ1) is 20.2. The SMILES string of the molecule is COc1ccc2c(CCNC(=O)c3oc(-c4ccc([N+](=O)[O-])cc4)cc3C)c[nH]c2c1. The molecule has 8 heteroatoms. The number of amides is 1. The third-order valence-electron chi connectivity index (χ3n) is 5.14. The molecule has 4 rings (SSSR count). The van der Waals surface area contributed by atoms with Crippen LogP contribution in [0.15, 0.2) is 59.1 Å². The van der Waals surface area contributed by atoms with Gasteiger partial charge in [0, 0.05) is 53.0 Å². The minimum absolute atomic E-state index is 0.000666. The van der Waals surface area contributed by atoms with Crippen molar-refractivity contribution in [3.8, 4) is 17.1 Å². The van der Waals surface area contributed by atoms with E-state index in [1.807, 2.05) is 24.4 Å². The predicted octanol–water partition coefficient (Wildman–Crippen LogP) is 4.63. The van der Waals surface area contributed by atoms with E-state index in [9.17, 15) is 14.9 Å². The van der Waals surface area contributed by atoms with E-state index >= 15 is 0 Å². The number of ether oxygens (including phenoxy) is 1. The van der Waals surface area contributed by atoms with Crippen LogP contribution in [0.4, 0.5) is 5.69 Å². The number of furan rings is 1. The van der Waals surface area contributed by atoms with Crippen molar-refractivity contribution >= 4 is 22.5 Å². The Morgan fingerprint density at radius 3 is 2.68 bits per heavy atom. The summed E-state index contributed by atoms with van der Waals surface area (Å²) in [5, 5.41) is 14.8. The number of carbonyl (C=O) groups is 1. The van der Waals surface area contributed by atoms with Crippen LogP contribution in [0.3, 0.4) is 0 Å². The van der Waals surface area contributed by atoms with Crippen molar-refractivity contribution in [3.63, 3.8) is 0 Å². The van der Waals surface area contributed by atoms with E-state index in [0.29, 0.717) is 29.9 Å². The van der Waals surface area contributed by atoms with Crippen molar-refractivity contribution in [2.45, 2.75) is 13.3 Å². The highest BCUT2D eigenvalue weighted by molar-refractivity contribution is 5.93. The van der Waals surface area contributed by atoms with Gasteiger partial charge in [-0.15, -0.1) is 0 Å². The number of nitrogens with one attached hydrogen (secondary N) is 2. The monoisotopic (exact) mass is 419 g/mol. The molecule has 8 nitrogen and oxygen atoms in total. The fraction of sp³-hybridized carbons (Fsp3) is 0.174. The number of fused-ring (bicyclic) bond motifs is 1. The smallest absolute Gasteiger partial charge is 0.287 e. The molecule has 2 aromatic heterocycles. The second kappa shape index (κ2) is 8.35. The number of carbonyl (C=O) groups excluding carboxylic acids is 1. The zero-order valence-corrected chi connectivity index (χ0v) is 17.1. The maximum atomic E-state index is 12.6. The molecule has 0 aliphatic rings. The molecule has 2 heterocycles. The second-order valence-corrected chi connectivity index (χ2v) is 7.16. The molecule has 0 aliphatic heterocycles. The lowest BCUT2D eigenvalue weighted by Crippen LogP contribution is -2.25. The second-order valence-electron chi connectivity index (χ2n) is 7.16. The number of hydrogen-bond acceptors (Lipinski definition) is 5. The number of nitro groups is 1. The van der Waals surface area contributed by atoms with Gasteiger partial charge in [0.25, 0.3) is 11.6 Å². The van der Waals surface area contributed by atoms with Crippen molar-refractivity contribution in [1.82, 2.24) is 10.3 Å². The Balaban J connectivity index is 1.42. The zero-order valence-electron chi connectivity index (χ0n) is 17.1. The van der Waals surface area contributed by atoms with Crippen LogP contribution in [0.2, 0.25) is 0 Å². The summed E-state index contributed by atoms with van der Waals surface area (Å²) in [6.45, 7) is 2.24. The van der Waals surface area contributed by atoms with E-state index in [1.165, 1.54) is 12.1 Å². The minimum Gasteiger partial charge on any atom is -0.497 e. The molecule has 0 radical (unpaired) electrons. The number of nitrogens with zero attached hydrogens (tertiary/aromatic N) is 1. The van der Waals surface area contributed by atoms with Gasteiger partial charge in [0.05, 0.1) is 12.0 Å². The summed E-state index contributed by atoms with van der Waals surface area (Å²) >= 11 is 0. The van der Waals surface area contributed by atoms with E-state index in [1.54, 1.807) is 32.2 Å². The molecule has 2 aromatic carbocycles. The number of H-pyrrole nitrogens is 1. The van der Waals surface area contributed by atoms with E-state index in [-0.39, 0.29) is 17.4 Å². The van der Waals surface area contributed by atoms with Gasteiger partial charge >= 0.3 is 0 Å². The molecule has 0 saturated heterocycles. The summed E-state index contributed by atoms with van der Waals surface area (Å²) in [4.78, 5) is 26.2. The van der Waals surface area contributed by atoms with E-state index < -0.39 is 4.92 Å². The fourth-order valence-electron chi connectivity index (χ4n) is 3.49. The number of non-ortho nitro benzene ring substituents is 1. The average molecular weight is 419 g/mol. The summed E-state index contributed by atoms with van der Waals surface area (Å²) < 4.78 is 11.0. The fourth-order valence-corrected chi connectivity index (χ4v) is 3.49. The lowest BCUT2D eigenvalue weighted by Gasteiger charge is -2.04. The topological polar surface area (TPSA) is 110 Å². The first-order valence-electron chi connectivity index (χ1n) is 9.73. The Labute approximate surface area is 178 Å². The summed E-state index contributed by atoms with van der Waals surface area (Å²) in [5.41, 5.74) is 3.45. The number of hydrogen-bond donors (Lipinski definition) is 2. The molecule has 0 spiro atoms. The number of rotatable bonds is 7. The van der Waals surface area contributed by atoms with Crippen LogP contribution in [-0.2, 0) is 6.42 Å². The molecule has 2 N–H and O–H groups in total. The third-order valence-corrected chi connectivity index (χ3v) is 5.14. The van der Waals surface area contributed by atoms with Gasteiger partial charge in [-0.3, -0.25) is 14.9 Å². The molecule has 31 heavy (non-hydrogen) atoms. The van der Waals surface area contributed by atoms with Gasteiger partial charge in [0.15, 0.2) is 5.76 Å². The lowest BCUT2D eigenvalue weighted by atomic mass is 10.1.